The van der Waals surface area contributed by atoms with Crippen LogP contribution in [-0.4, -0.2) is 54.8 Å². The van der Waals surface area contributed by atoms with E-state index in [2.05, 4.69) is 10.6 Å². The van der Waals surface area contributed by atoms with Crippen LogP contribution in [0, 0.1) is 5.92 Å². The van der Waals surface area contributed by atoms with Crippen LogP contribution in [0.2, 0.25) is 0 Å². The first kappa shape index (κ1) is 15.4. The predicted octanol–water partition coefficient (Wildman–Crippen LogP) is -1.57. The maximum atomic E-state index is 11.6. The Morgan fingerprint density at radius 3 is 2.58 bits per heavy atom. The summed E-state index contributed by atoms with van der Waals surface area (Å²) in [5.41, 5.74) is 5.65. The quantitative estimate of drug-likeness (QED) is 0.561. The molecule has 1 aliphatic rings. The molecule has 0 aromatic heterocycles. The molecule has 0 aromatic carbocycles. The van der Waals surface area contributed by atoms with Gasteiger partial charge in [-0.25, -0.2) is 0 Å². The van der Waals surface area contributed by atoms with Crippen LogP contribution in [0.25, 0.3) is 0 Å². The minimum Gasteiger partial charge on any atom is -0.346 e. The zero-order chi connectivity index (χ0) is 14.6. The summed E-state index contributed by atoms with van der Waals surface area (Å²) in [5.74, 6) is -0.829. The SMILES string of the molecule is CC(C)[C@H](N)C(=O)NCC(=O)NC1CCN(C)C1=O. The molecule has 4 N–H and O–H groups in total. The second kappa shape index (κ2) is 6.51. The van der Waals surface area contributed by atoms with Crippen molar-refractivity contribution < 1.29 is 14.4 Å². The monoisotopic (exact) mass is 270 g/mol. The molecular weight excluding hydrogens is 248 g/mol. The molecule has 1 rings (SSSR count). The standard InChI is InChI=1S/C12H22N4O3/c1-7(2)10(13)11(18)14-6-9(17)15-8-4-5-16(3)12(8)19/h7-8,10H,4-6,13H2,1-3H3,(H,14,18)(H,15,17)/t8?,10-/m0/s1. The first-order valence-corrected chi connectivity index (χ1v) is 6.40. The van der Waals surface area contributed by atoms with Gasteiger partial charge < -0.3 is 21.3 Å². The normalized spacial score (nSPS) is 20.6. The van der Waals surface area contributed by atoms with E-state index in [9.17, 15) is 14.4 Å². The van der Waals surface area contributed by atoms with Gasteiger partial charge in [0, 0.05) is 13.6 Å². The molecule has 1 unspecified atom stereocenters. The summed E-state index contributed by atoms with van der Waals surface area (Å²) in [6.45, 7) is 4.13. The van der Waals surface area contributed by atoms with Crippen molar-refractivity contribution in [1.82, 2.24) is 15.5 Å². The summed E-state index contributed by atoms with van der Waals surface area (Å²) in [4.78, 5) is 36.3. The zero-order valence-corrected chi connectivity index (χ0v) is 11.6. The van der Waals surface area contributed by atoms with Crippen LogP contribution in [0.3, 0.4) is 0 Å². The molecule has 2 atom stereocenters. The van der Waals surface area contributed by atoms with Crippen LogP contribution in [0.1, 0.15) is 20.3 Å². The van der Waals surface area contributed by atoms with Gasteiger partial charge in [0.25, 0.3) is 0 Å². The summed E-state index contributed by atoms with van der Waals surface area (Å²) in [6, 6.07) is -1.11. The second-order valence-corrected chi connectivity index (χ2v) is 5.16. The van der Waals surface area contributed by atoms with E-state index in [0.29, 0.717) is 13.0 Å². The molecule has 3 amide bonds. The summed E-state index contributed by atoms with van der Waals surface area (Å²) >= 11 is 0. The molecule has 7 nitrogen and oxygen atoms in total. The lowest BCUT2D eigenvalue weighted by Crippen LogP contribution is -2.49. The fourth-order valence-corrected chi connectivity index (χ4v) is 1.79. The average Bonchev–Trinajstić information content (AvgIpc) is 2.66. The van der Waals surface area contributed by atoms with Crippen molar-refractivity contribution in [2.24, 2.45) is 11.7 Å². The van der Waals surface area contributed by atoms with Gasteiger partial charge in [0.15, 0.2) is 0 Å². The summed E-state index contributed by atoms with van der Waals surface area (Å²) in [6.07, 6.45) is 0.598. The summed E-state index contributed by atoms with van der Waals surface area (Å²) in [5, 5.41) is 5.06. The number of rotatable bonds is 5. The van der Waals surface area contributed by atoms with E-state index < -0.39 is 12.1 Å². The highest BCUT2D eigenvalue weighted by molar-refractivity contribution is 5.91. The number of carbonyl (C=O) groups is 3. The lowest BCUT2D eigenvalue weighted by molar-refractivity contribution is -0.132. The number of hydrogen-bond acceptors (Lipinski definition) is 4. The van der Waals surface area contributed by atoms with Crippen LogP contribution >= 0.6 is 0 Å². The fourth-order valence-electron chi connectivity index (χ4n) is 1.79. The highest BCUT2D eigenvalue weighted by Crippen LogP contribution is 2.07. The van der Waals surface area contributed by atoms with Gasteiger partial charge in [-0.05, 0) is 12.3 Å². The lowest BCUT2D eigenvalue weighted by Gasteiger charge is -2.16. The molecular formula is C12H22N4O3. The first-order valence-electron chi connectivity index (χ1n) is 6.40. The zero-order valence-electron chi connectivity index (χ0n) is 11.6. The fraction of sp³-hybridized carbons (Fsp3) is 0.750. The highest BCUT2D eigenvalue weighted by atomic mass is 16.2. The van der Waals surface area contributed by atoms with Crippen molar-refractivity contribution in [2.75, 3.05) is 20.1 Å². The van der Waals surface area contributed by atoms with Gasteiger partial charge in [-0.2, -0.15) is 0 Å². The Labute approximate surface area is 112 Å². The molecule has 19 heavy (non-hydrogen) atoms. The summed E-state index contributed by atoms with van der Waals surface area (Å²) in [7, 11) is 1.69. The predicted molar refractivity (Wildman–Crippen MR) is 70.0 cm³/mol. The third kappa shape index (κ3) is 4.20. The van der Waals surface area contributed by atoms with Gasteiger partial charge in [-0.3, -0.25) is 14.4 Å². The Kier molecular flexibility index (Phi) is 5.29. The molecule has 1 heterocycles. The number of likely N-dealkylation sites (tertiary alicyclic amines) is 1. The molecule has 0 bridgehead atoms. The van der Waals surface area contributed by atoms with E-state index in [-0.39, 0.29) is 30.2 Å². The van der Waals surface area contributed by atoms with Gasteiger partial charge in [-0.1, -0.05) is 13.8 Å². The number of amides is 3. The largest absolute Gasteiger partial charge is 0.346 e. The number of likely N-dealkylation sites (N-methyl/N-ethyl adjacent to an activating group) is 1. The highest BCUT2D eigenvalue weighted by Gasteiger charge is 2.30. The molecule has 7 heteroatoms. The minimum atomic E-state index is -0.632. The molecule has 1 saturated heterocycles. The van der Waals surface area contributed by atoms with Crippen molar-refractivity contribution >= 4 is 17.7 Å². The number of nitrogens with two attached hydrogens (primary N) is 1. The van der Waals surface area contributed by atoms with Crippen molar-refractivity contribution in [3.63, 3.8) is 0 Å². The van der Waals surface area contributed by atoms with Crippen molar-refractivity contribution in [3.05, 3.63) is 0 Å². The van der Waals surface area contributed by atoms with Crippen LogP contribution in [0.4, 0.5) is 0 Å². The third-order valence-electron chi connectivity index (χ3n) is 3.21. The Hall–Kier alpha value is -1.63. The van der Waals surface area contributed by atoms with E-state index >= 15 is 0 Å². The molecule has 1 fully saturated rings. The molecule has 1 aliphatic heterocycles. The van der Waals surface area contributed by atoms with Crippen LogP contribution in [0.15, 0.2) is 0 Å². The molecule has 0 radical (unpaired) electrons. The molecule has 0 aromatic rings. The minimum absolute atomic E-state index is 0.00752. The van der Waals surface area contributed by atoms with E-state index in [4.69, 9.17) is 5.73 Å². The van der Waals surface area contributed by atoms with E-state index in [1.165, 1.54) is 0 Å². The number of nitrogens with one attached hydrogen (secondary N) is 2. The average molecular weight is 270 g/mol. The molecule has 0 aliphatic carbocycles. The van der Waals surface area contributed by atoms with E-state index in [1.807, 2.05) is 13.8 Å². The van der Waals surface area contributed by atoms with Crippen molar-refractivity contribution in [2.45, 2.75) is 32.4 Å². The molecule has 0 spiro atoms. The van der Waals surface area contributed by atoms with Crippen molar-refractivity contribution in [1.29, 1.82) is 0 Å². The van der Waals surface area contributed by atoms with Gasteiger partial charge in [0.05, 0.1) is 12.6 Å². The maximum Gasteiger partial charge on any atom is 0.244 e. The Bertz CT molecular complexity index is 370. The smallest absolute Gasteiger partial charge is 0.244 e. The summed E-state index contributed by atoms with van der Waals surface area (Å²) < 4.78 is 0. The number of nitrogens with zero attached hydrogens (tertiary/aromatic N) is 1. The van der Waals surface area contributed by atoms with Crippen LogP contribution < -0.4 is 16.4 Å². The Morgan fingerprint density at radius 2 is 2.11 bits per heavy atom. The van der Waals surface area contributed by atoms with E-state index in [1.54, 1.807) is 11.9 Å². The number of hydrogen-bond donors (Lipinski definition) is 3. The number of carbonyl (C=O) groups excluding carboxylic acids is 3. The van der Waals surface area contributed by atoms with Crippen LogP contribution in [0.5, 0.6) is 0 Å². The first-order chi connectivity index (χ1) is 8.82. The molecule has 108 valence electrons. The van der Waals surface area contributed by atoms with Gasteiger partial charge in [0.1, 0.15) is 6.04 Å². The van der Waals surface area contributed by atoms with Gasteiger partial charge >= 0.3 is 0 Å². The lowest BCUT2D eigenvalue weighted by atomic mass is 10.1. The Balaban J connectivity index is 2.33. The van der Waals surface area contributed by atoms with Gasteiger partial charge in [0.2, 0.25) is 17.7 Å². The second-order valence-electron chi connectivity index (χ2n) is 5.16. The topological polar surface area (TPSA) is 105 Å². The van der Waals surface area contributed by atoms with E-state index in [0.717, 1.165) is 0 Å². The molecule has 0 saturated carbocycles. The van der Waals surface area contributed by atoms with Crippen molar-refractivity contribution in [3.8, 4) is 0 Å². The van der Waals surface area contributed by atoms with Crippen LogP contribution in [-0.2, 0) is 14.4 Å². The third-order valence-corrected chi connectivity index (χ3v) is 3.21. The Morgan fingerprint density at radius 1 is 1.47 bits per heavy atom. The van der Waals surface area contributed by atoms with Gasteiger partial charge in [-0.15, -0.1) is 0 Å². The maximum absolute atomic E-state index is 11.6.